The Bertz CT molecular complexity index is 196. The SMILES string of the molecule is C=CCC=CC.C=CCC=CC.C=CCC=CC. The van der Waals surface area contributed by atoms with Crippen LogP contribution in [-0.2, 0) is 0 Å². The summed E-state index contributed by atoms with van der Waals surface area (Å²) in [7, 11) is 0. The molecule has 0 saturated carbocycles. The zero-order valence-corrected chi connectivity index (χ0v) is 12.4. The lowest BCUT2D eigenvalue weighted by Gasteiger charge is -1.69. The summed E-state index contributed by atoms with van der Waals surface area (Å²) >= 11 is 0. The van der Waals surface area contributed by atoms with E-state index < -0.39 is 0 Å². The zero-order valence-electron chi connectivity index (χ0n) is 12.4. The van der Waals surface area contributed by atoms with Crippen molar-refractivity contribution in [1.29, 1.82) is 0 Å². The molecule has 102 valence electrons. The molecule has 0 aromatic rings. The van der Waals surface area contributed by atoms with Crippen LogP contribution < -0.4 is 0 Å². The molecule has 0 heteroatoms. The van der Waals surface area contributed by atoms with Crippen LogP contribution >= 0.6 is 0 Å². The van der Waals surface area contributed by atoms with Crippen molar-refractivity contribution < 1.29 is 0 Å². The quantitative estimate of drug-likeness (QED) is 0.475. The van der Waals surface area contributed by atoms with Crippen LogP contribution in [0.3, 0.4) is 0 Å². The molecule has 0 nitrogen and oxygen atoms in total. The highest BCUT2D eigenvalue weighted by Gasteiger charge is 1.58. The molecule has 0 unspecified atom stereocenters. The van der Waals surface area contributed by atoms with Crippen LogP contribution in [0.5, 0.6) is 0 Å². The van der Waals surface area contributed by atoms with Crippen molar-refractivity contribution in [3.63, 3.8) is 0 Å². The minimum Gasteiger partial charge on any atom is -0.103 e. The predicted octanol–water partition coefficient (Wildman–Crippen LogP) is 6.42. The third-order valence-corrected chi connectivity index (χ3v) is 1.62. The fourth-order valence-corrected chi connectivity index (χ4v) is 0.697. The maximum Gasteiger partial charge on any atom is -0.0172 e. The van der Waals surface area contributed by atoms with Gasteiger partial charge in [0, 0.05) is 0 Å². The molecule has 18 heavy (non-hydrogen) atoms. The average molecular weight is 246 g/mol. The van der Waals surface area contributed by atoms with E-state index in [1.165, 1.54) is 0 Å². The minimum atomic E-state index is 0.997. The van der Waals surface area contributed by atoms with E-state index >= 15 is 0 Å². The molecule has 0 spiro atoms. The van der Waals surface area contributed by atoms with Crippen molar-refractivity contribution in [2.45, 2.75) is 40.0 Å². The molecule has 0 amide bonds. The molecule has 0 radical (unpaired) electrons. The average Bonchev–Trinajstić information content (AvgIpc) is 2.42. The fourth-order valence-electron chi connectivity index (χ4n) is 0.697. The van der Waals surface area contributed by atoms with Gasteiger partial charge in [-0.2, -0.15) is 0 Å². The van der Waals surface area contributed by atoms with Gasteiger partial charge in [0.2, 0.25) is 0 Å². The summed E-state index contributed by atoms with van der Waals surface area (Å²) in [6.07, 6.45) is 20.8. The number of hydrogen-bond acceptors (Lipinski definition) is 0. The smallest absolute Gasteiger partial charge is 0.0172 e. The Morgan fingerprint density at radius 3 is 0.833 bits per heavy atom. The van der Waals surface area contributed by atoms with Gasteiger partial charge in [0.15, 0.2) is 0 Å². The van der Waals surface area contributed by atoms with E-state index in [1.807, 2.05) is 57.2 Å². The van der Waals surface area contributed by atoms with E-state index in [-0.39, 0.29) is 0 Å². The molecule has 0 aliphatic heterocycles. The first-order valence-corrected chi connectivity index (χ1v) is 6.41. The summed E-state index contributed by atoms with van der Waals surface area (Å²) in [6.45, 7) is 16.7. The van der Waals surface area contributed by atoms with Gasteiger partial charge in [-0.15, -0.1) is 19.7 Å². The zero-order chi connectivity index (χ0) is 14.5. The first kappa shape index (κ1) is 21.7. The first-order valence-electron chi connectivity index (χ1n) is 6.41. The summed E-state index contributed by atoms with van der Waals surface area (Å²) in [5.74, 6) is 0. The Balaban J connectivity index is -0.000000187. The van der Waals surface area contributed by atoms with Gasteiger partial charge in [-0.3, -0.25) is 0 Å². The van der Waals surface area contributed by atoms with Gasteiger partial charge < -0.3 is 0 Å². The van der Waals surface area contributed by atoms with E-state index in [0.29, 0.717) is 0 Å². The van der Waals surface area contributed by atoms with Gasteiger partial charge in [-0.05, 0) is 40.0 Å². The van der Waals surface area contributed by atoms with Gasteiger partial charge in [0.1, 0.15) is 0 Å². The number of hydrogen-bond donors (Lipinski definition) is 0. The van der Waals surface area contributed by atoms with Crippen LogP contribution in [0.15, 0.2) is 74.4 Å². The lowest BCUT2D eigenvalue weighted by molar-refractivity contribution is 1.39. The maximum atomic E-state index is 3.55. The van der Waals surface area contributed by atoms with Crippen LogP contribution in [0.4, 0.5) is 0 Å². The highest BCUT2D eigenvalue weighted by Crippen LogP contribution is 1.80. The monoisotopic (exact) mass is 246 g/mol. The van der Waals surface area contributed by atoms with Crippen molar-refractivity contribution >= 4 is 0 Å². The summed E-state index contributed by atoms with van der Waals surface area (Å²) < 4.78 is 0. The van der Waals surface area contributed by atoms with E-state index in [0.717, 1.165) is 19.3 Å². The lowest BCUT2D eigenvalue weighted by Crippen LogP contribution is -1.48. The van der Waals surface area contributed by atoms with E-state index in [2.05, 4.69) is 38.0 Å². The van der Waals surface area contributed by atoms with Crippen molar-refractivity contribution in [2.24, 2.45) is 0 Å². The Kier molecular flexibility index (Phi) is 35.6. The second-order valence-electron chi connectivity index (χ2n) is 3.28. The van der Waals surface area contributed by atoms with Gasteiger partial charge in [-0.1, -0.05) is 54.7 Å². The second-order valence-corrected chi connectivity index (χ2v) is 3.28. The highest BCUT2D eigenvalue weighted by molar-refractivity contribution is 4.86. The predicted molar refractivity (Wildman–Crippen MR) is 88.9 cm³/mol. The Morgan fingerprint density at radius 2 is 0.778 bits per heavy atom. The molecule has 0 aromatic heterocycles. The standard InChI is InChI=1S/3C6H10/c3*1-3-5-6-4-2/h3*3-4,6H,1,5H2,2H3. The summed E-state index contributed by atoms with van der Waals surface area (Å²) in [5, 5.41) is 0. The normalized spacial score (nSPS) is 9.50. The van der Waals surface area contributed by atoms with Crippen LogP contribution in [-0.4, -0.2) is 0 Å². The van der Waals surface area contributed by atoms with Crippen LogP contribution in [0.1, 0.15) is 40.0 Å². The largest absolute Gasteiger partial charge is 0.103 e. The number of allylic oxidation sites excluding steroid dienone is 9. The molecule has 0 aliphatic carbocycles. The first-order chi connectivity index (χ1) is 8.74. The van der Waals surface area contributed by atoms with E-state index in [1.54, 1.807) is 0 Å². The molecule has 0 atom stereocenters. The number of rotatable bonds is 6. The van der Waals surface area contributed by atoms with Crippen molar-refractivity contribution in [2.75, 3.05) is 0 Å². The lowest BCUT2D eigenvalue weighted by atomic mass is 10.4. The van der Waals surface area contributed by atoms with Crippen LogP contribution in [0, 0.1) is 0 Å². The van der Waals surface area contributed by atoms with Gasteiger partial charge in [0.05, 0.1) is 0 Å². The minimum absolute atomic E-state index is 0.997. The second kappa shape index (κ2) is 29.5. The molecule has 0 heterocycles. The molecule has 0 N–H and O–H groups in total. The Morgan fingerprint density at radius 1 is 0.556 bits per heavy atom. The summed E-state index contributed by atoms with van der Waals surface area (Å²) in [6, 6.07) is 0. The molecule has 0 saturated heterocycles. The van der Waals surface area contributed by atoms with Crippen molar-refractivity contribution in [3.8, 4) is 0 Å². The molecule has 0 aromatic carbocycles. The van der Waals surface area contributed by atoms with Gasteiger partial charge in [0.25, 0.3) is 0 Å². The summed E-state index contributed by atoms with van der Waals surface area (Å²) in [4.78, 5) is 0. The third-order valence-electron chi connectivity index (χ3n) is 1.62. The highest BCUT2D eigenvalue weighted by atomic mass is 13.7. The third kappa shape index (κ3) is 47.1. The molecular formula is C18H30. The van der Waals surface area contributed by atoms with Crippen LogP contribution in [0.2, 0.25) is 0 Å². The van der Waals surface area contributed by atoms with Crippen molar-refractivity contribution in [1.82, 2.24) is 0 Å². The summed E-state index contributed by atoms with van der Waals surface area (Å²) in [5.41, 5.74) is 0. The fraction of sp³-hybridized carbons (Fsp3) is 0.333. The topological polar surface area (TPSA) is 0 Å². The molecule has 0 aliphatic rings. The molecular weight excluding hydrogens is 216 g/mol. The molecule has 0 bridgehead atoms. The molecule has 0 fully saturated rings. The Labute approximate surface area is 115 Å². The van der Waals surface area contributed by atoms with Crippen LogP contribution in [0.25, 0.3) is 0 Å². The van der Waals surface area contributed by atoms with Gasteiger partial charge in [-0.25, -0.2) is 0 Å². The maximum absolute atomic E-state index is 3.55. The van der Waals surface area contributed by atoms with E-state index in [9.17, 15) is 0 Å². The Hall–Kier alpha value is -1.56. The van der Waals surface area contributed by atoms with Gasteiger partial charge >= 0.3 is 0 Å². The molecule has 0 rings (SSSR count). The van der Waals surface area contributed by atoms with Crippen molar-refractivity contribution in [3.05, 3.63) is 74.4 Å². The van der Waals surface area contributed by atoms with E-state index in [4.69, 9.17) is 0 Å².